The van der Waals surface area contributed by atoms with Crippen molar-refractivity contribution < 1.29 is 23.9 Å². The van der Waals surface area contributed by atoms with E-state index in [9.17, 15) is 14.4 Å². The van der Waals surface area contributed by atoms with Crippen LogP contribution in [-0.4, -0.2) is 69.0 Å². The normalized spacial score (nSPS) is 17.5. The standard InChI is InChI=1S/C50H69N5O5/c1-10-13-15-17-18-19-20-22-26-60-34(8)44-32(6)39-27-38-31(5)36(23-24-43(56)59-9)47(53-38)46-48-45(49(57)55(50(46)58)25-21-16-14-11-2)33(7)40(54-48)28-41-35(12-3)30(4)37(51-41)29-42(44)52-39/h27-29,31,34,36,53-54H,10-26H2,1-9H3/t31-,34?,36-/m0/s1. The van der Waals surface area contributed by atoms with Crippen LogP contribution in [0.15, 0.2) is 18.2 Å². The molecule has 6 rings (SSSR count). The maximum atomic E-state index is 14.8. The van der Waals surface area contributed by atoms with Crippen LogP contribution in [0, 0.1) is 6.92 Å². The van der Waals surface area contributed by atoms with Crippen LogP contribution in [0.5, 0.6) is 0 Å². The highest BCUT2D eigenvalue weighted by Crippen LogP contribution is 2.45. The van der Waals surface area contributed by atoms with Crippen molar-refractivity contribution in [2.75, 3.05) is 20.3 Å². The van der Waals surface area contributed by atoms with Gasteiger partial charge in [-0.1, -0.05) is 91.9 Å². The Bertz CT molecular complexity index is 2210. The number of rotatable bonds is 20. The molecule has 0 spiro atoms. The SMILES string of the molecule is CCCCCCCCCCOC(C)C1=C(C)c2cc3[nH]c(c4c5[nH]c(cc6nc(cc1n2)C(C)=C6CC)c(C)c5C(=O)N(CCCCCC)C4=O)[C@@H](CCC(=O)OC)[C@@H]3C. The Balaban J connectivity index is 1.53. The number of aryl methyl sites for hydroxylation is 1. The number of nitrogens with zero attached hydrogens (tertiary/aromatic N) is 3. The van der Waals surface area contributed by atoms with Crippen molar-refractivity contribution in [3.63, 3.8) is 0 Å². The van der Waals surface area contributed by atoms with Gasteiger partial charge in [-0.15, -0.1) is 0 Å². The monoisotopic (exact) mass is 820 g/mol. The van der Waals surface area contributed by atoms with Crippen LogP contribution in [0.3, 0.4) is 0 Å². The third-order valence-corrected chi connectivity index (χ3v) is 13.3. The smallest absolute Gasteiger partial charge is 0.305 e. The van der Waals surface area contributed by atoms with Crippen molar-refractivity contribution in [1.82, 2.24) is 24.8 Å². The van der Waals surface area contributed by atoms with E-state index in [2.05, 4.69) is 70.6 Å². The molecule has 3 atom stereocenters. The quantitative estimate of drug-likeness (QED) is 0.0772. The Hall–Kier alpha value is -4.57. The first-order valence-corrected chi connectivity index (χ1v) is 23.0. The summed E-state index contributed by atoms with van der Waals surface area (Å²) in [6, 6.07) is 6.24. The largest absolute Gasteiger partial charge is 0.469 e. The Morgan fingerprint density at radius 2 is 1.42 bits per heavy atom. The zero-order chi connectivity index (χ0) is 43.1. The number of carbonyl (C=O) groups excluding carboxylic acids is 3. The molecule has 2 N–H and O–H groups in total. The van der Waals surface area contributed by atoms with E-state index in [0.717, 1.165) is 107 Å². The lowest BCUT2D eigenvalue weighted by Crippen LogP contribution is -2.41. The van der Waals surface area contributed by atoms with Gasteiger partial charge in [0.15, 0.2) is 0 Å². The number of imide groups is 1. The van der Waals surface area contributed by atoms with Gasteiger partial charge in [-0.3, -0.25) is 19.3 Å². The van der Waals surface area contributed by atoms with Gasteiger partial charge in [0.2, 0.25) is 0 Å². The zero-order valence-corrected chi connectivity index (χ0v) is 37.9. The number of allylic oxidation sites excluding steroid dienone is 3. The van der Waals surface area contributed by atoms with Gasteiger partial charge in [0.25, 0.3) is 11.8 Å². The number of fused-ring (bicyclic) bond motifs is 8. The number of hydrogen-bond acceptors (Lipinski definition) is 7. The van der Waals surface area contributed by atoms with Crippen molar-refractivity contribution in [2.24, 2.45) is 0 Å². The fraction of sp³-hybridized carbons (Fsp3) is 0.580. The van der Waals surface area contributed by atoms with Crippen molar-refractivity contribution >= 4 is 51.1 Å². The van der Waals surface area contributed by atoms with Gasteiger partial charge in [-0.25, -0.2) is 9.97 Å². The summed E-state index contributed by atoms with van der Waals surface area (Å²) in [4.78, 5) is 61.1. The zero-order valence-electron chi connectivity index (χ0n) is 37.9. The maximum absolute atomic E-state index is 14.8. The lowest BCUT2D eigenvalue weighted by molar-refractivity contribution is -0.140. The Morgan fingerprint density at radius 1 is 0.783 bits per heavy atom. The van der Waals surface area contributed by atoms with Crippen LogP contribution in [0.2, 0.25) is 0 Å². The number of H-pyrrole nitrogens is 2. The molecule has 60 heavy (non-hydrogen) atoms. The number of methoxy groups -OCH3 is 1. The van der Waals surface area contributed by atoms with Crippen LogP contribution in [0.1, 0.15) is 217 Å². The van der Waals surface area contributed by atoms with Crippen LogP contribution in [0.25, 0.3) is 33.3 Å². The Labute approximate surface area is 357 Å². The number of ether oxygens (including phenoxy) is 2. The summed E-state index contributed by atoms with van der Waals surface area (Å²) in [5, 5.41) is 0. The molecule has 4 aliphatic heterocycles. The molecule has 10 nitrogen and oxygen atoms in total. The lowest BCUT2D eigenvalue weighted by atomic mass is 9.84. The van der Waals surface area contributed by atoms with Crippen LogP contribution >= 0.6 is 0 Å². The molecular weight excluding hydrogens is 751 g/mol. The number of hydrogen-bond donors (Lipinski definition) is 2. The summed E-state index contributed by atoms with van der Waals surface area (Å²) >= 11 is 0. The summed E-state index contributed by atoms with van der Waals surface area (Å²) in [5.41, 5.74) is 12.3. The maximum Gasteiger partial charge on any atom is 0.305 e. The van der Waals surface area contributed by atoms with E-state index in [4.69, 9.17) is 19.4 Å². The molecule has 0 fully saturated rings. The average Bonchev–Trinajstić information content (AvgIpc) is 3.92. The van der Waals surface area contributed by atoms with Gasteiger partial charge < -0.3 is 19.4 Å². The second-order valence-electron chi connectivity index (χ2n) is 17.3. The third kappa shape index (κ3) is 9.34. The van der Waals surface area contributed by atoms with E-state index in [1.165, 1.54) is 50.5 Å². The summed E-state index contributed by atoms with van der Waals surface area (Å²) < 4.78 is 11.7. The molecular formula is C50H69N5O5. The molecule has 0 saturated heterocycles. The molecule has 8 bridgehead atoms. The first kappa shape index (κ1) is 45.0. The number of aromatic nitrogens is 4. The number of unbranched alkanes of at least 4 members (excludes halogenated alkanes) is 10. The van der Waals surface area contributed by atoms with Crippen LogP contribution in [0.4, 0.5) is 0 Å². The van der Waals surface area contributed by atoms with Gasteiger partial charge in [-0.05, 0) is 93.9 Å². The van der Waals surface area contributed by atoms with E-state index < -0.39 is 0 Å². The van der Waals surface area contributed by atoms with Crippen molar-refractivity contribution in [3.8, 4) is 0 Å². The third-order valence-electron chi connectivity index (χ3n) is 13.3. The molecule has 4 aliphatic rings. The van der Waals surface area contributed by atoms with Crippen LogP contribution < -0.4 is 0 Å². The molecule has 2 aromatic heterocycles. The lowest BCUT2D eigenvalue weighted by Gasteiger charge is -2.27. The van der Waals surface area contributed by atoms with Gasteiger partial charge in [0.05, 0.1) is 52.6 Å². The molecule has 0 aliphatic carbocycles. The van der Waals surface area contributed by atoms with Crippen molar-refractivity contribution in [1.29, 1.82) is 0 Å². The summed E-state index contributed by atoms with van der Waals surface area (Å²) in [5.74, 6) is -1.23. The number of nitrogens with one attached hydrogen (secondary N) is 2. The van der Waals surface area contributed by atoms with Gasteiger partial charge in [-0.2, -0.15) is 0 Å². The molecule has 0 aromatic carbocycles. The predicted molar refractivity (Wildman–Crippen MR) is 242 cm³/mol. The number of aromatic amines is 2. The Kier molecular flexibility index (Phi) is 15.2. The second-order valence-corrected chi connectivity index (χ2v) is 17.3. The minimum atomic E-state index is -0.319. The fourth-order valence-electron chi connectivity index (χ4n) is 9.54. The van der Waals surface area contributed by atoms with Gasteiger partial charge in [0.1, 0.15) is 0 Å². The molecule has 0 saturated carbocycles. The summed E-state index contributed by atoms with van der Waals surface area (Å²) in [6.07, 6.45) is 14.9. The van der Waals surface area contributed by atoms with Crippen molar-refractivity contribution in [2.45, 2.75) is 170 Å². The molecule has 2 amide bonds. The van der Waals surface area contributed by atoms with E-state index in [1.807, 2.05) is 13.0 Å². The van der Waals surface area contributed by atoms with E-state index in [-0.39, 0.29) is 42.1 Å². The molecule has 6 heterocycles. The topological polar surface area (TPSA) is 130 Å². The van der Waals surface area contributed by atoms with E-state index >= 15 is 0 Å². The fourth-order valence-corrected chi connectivity index (χ4v) is 9.54. The van der Waals surface area contributed by atoms with Gasteiger partial charge >= 0.3 is 5.97 Å². The highest BCUT2D eigenvalue weighted by molar-refractivity contribution is 6.23. The number of esters is 1. The van der Waals surface area contributed by atoms with E-state index in [1.54, 1.807) is 0 Å². The minimum Gasteiger partial charge on any atom is -0.469 e. The predicted octanol–water partition coefficient (Wildman–Crippen LogP) is 12.2. The Morgan fingerprint density at radius 3 is 2.10 bits per heavy atom. The summed E-state index contributed by atoms with van der Waals surface area (Å²) in [7, 11) is 1.40. The molecule has 324 valence electrons. The number of amides is 2. The minimum absolute atomic E-state index is 0.0994. The average molecular weight is 820 g/mol. The highest BCUT2D eigenvalue weighted by atomic mass is 16.5. The first-order chi connectivity index (χ1) is 28.9. The molecule has 2 aromatic rings. The van der Waals surface area contributed by atoms with Gasteiger partial charge in [0, 0.05) is 53.9 Å². The number of carbonyl (C=O) groups is 3. The van der Waals surface area contributed by atoms with Crippen molar-refractivity contribution in [3.05, 3.63) is 69.1 Å². The molecule has 0 radical (unpaired) electrons. The van der Waals surface area contributed by atoms with E-state index in [0.29, 0.717) is 41.9 Å². The first-order valence-electron chi connectivity index (χ1n) is 23.0. The highest BCUT2D eigenvalue weighted by Gasteiger charge is 2.40. The second kappa shape index (κ2) is 20.3. The molecule has 1 unspecified atom stereocenters. The van der Waals surface area contributed by atoms with Crippen LogP contribution in [-0.2, 0) is 14.3 Å². The molecule has 10 heteroatoms. The summed E-state index contributed by atoms with van der Waals surface area (Å²) in [6.45, 7) is 18.0.